The SMILES string of the molecule is Cc1nc(SCc2ccccc2C=CC(=O)O)n[nH]1. The van der Waals surface area contributed by atoms with E-state index in [1.54, 1.807) is 6.08 Å². The fraction of sp³-hybridized carbons (Fsp3) is 0.154. The van der Waals surface area contributed by atoms with Gasteiger partial charge in [-0.3, -0.25) is 5.10 Å². The third kappa shape index (κ3) is 3.96. The van der Waals surface area contributed by atoms with E-state index in [1.165, 1.54) is 11.8 Å². The molecule has 1 aromatic carbocycles. The molecule has 19 heavy (non-hydrogen) atoms. The number of aliphatic carboxylic acids is 1. The second-order valence-corrected chi connectivity index (χ2v) is 4.80. The number of nitrogens with one attached hydrogen (secondary N) is 1. The van der Waals surface area contributed by atoms with Crippen molar-refractivity contribution in [1.29, 1.82) is 0 Å². The second kappa shape index (κ2) is 6.19. The number of carboxylic acid groups (broad SMARTS) is 1. The lowest BCUT2D eigenvalue weighted by atomic mass is 10.1. The molecule has 0 spiro atoms. The Bertz CT molecular complexity index is 607. The molecule has 0 atom stereocenters. The Labute approximate surface area is 114 Å². The average molecular weight is 275 g/mol. The molecule has 2 rings (SSSR count). The summed E-state index contributed by atoms with van der Waals surface area (Å²) in [5, 5.41) is 16.2. The highest BCUT2D eigenvalue weighted by Gasteiger charge is 2.04. The maximum absolute atomic E-state index is 10.5. The van der Waals surface area contributed by atoms with Crippen LogP contribution in [-0.2, 0) is 10.5 Å². The van der Waals surface area contributed by atoms with Crippen LogP contribution in [0.3, 0.4) is 0 Å². The number of H-pyrrole nitrogens is 1. The molecular weight excluding hydrogens is 262 g/mol. The van der Waals surface area contributed by atoms with Crippen LogP contribution in [0.15, 0.2) is 35.5 Å². The maximum atomic E-state index is 10.5. The van der Waals surface area contributed by atoms with Crippen LogP contribution in [-0.4, -0.2) is 26.3 Å². The zero-order valence-electron chi connectivity index (χ0n) is 10.3. The third-order valence-corrected chi connectivity index (χ3v) is 3.29. The minimum absolute atomic E-state index is 0.689. The third-order valence-electron chi connectivity index (χ3n) is 2.39. The summed E-state index contributed by atoms with van der Waals surface area (Å²) in [5.74, 6) is 0.519. The zero-order chi connectivity index (χ0) is 13.7. The Hall–Kier alpha value is -2.08. The Morgan fingerprint density at radius 3 is 2.95 bits per heavy atom. The van der Waals surface area contributed by atoms with E-state index >= 15 is 0 Å². The number of hydrogen-bond acceptors (Lipinski definition) is 4. The lowest BCUT2D eigenvalue weighted by Gasteiger charge is -2.03. The quantitative estimate of drug-likeness (QED) is 0.647. The predicted octanol–water partition coefficient (Wildman–Crippen LogP) is 2.50. The standard InChI is InChI=1S/C13H13N3O2S/c1-9-14-13(16-15-9)19-8-11-5-3-2-4-10(11)6-7-12(17)18/h2-7H,8H2,1H3,(H,17,18)(H,14,15,16). The van der Waals surface area contributed by atoms with Crippen molar-refractivity contribution < 1.29 is 9.90 Å². The summed E-state index contributed by atoms with van der Waals surface area (Å²) in [4.78, 5) is 14.8. The van der Waals surface area contributed by atoms with Gasteiger partial charge in [-0.2, -0.15) is 0 Å². The van der Waals surface area contributed by atoms with Gasteiger partial charge in [-0.05, 0) is 24.1 Å². The van der Waals surface area contributed by atoms with E-state index in [-0.39, 0.29) is 0 Å². The molecule has 98 valence electrons. The Morgan fingerprint density at radius 1 is 1.47 bits per heavy atom. The number of thioether (sulfide) groups is 1. The van der Waals surface area contributed by atoms with Crippen molar-refractivity contribution in [3.05, 3.63) is 47.3 Å². The lowest BCUT2D eigenvalue weighted by Crippen LogP contribution is -1.89. The largest absolute Gasteiger partial charge is 0.478 e. The van der Waals surface area contributed by atoms with Crippen LogP contribution in [0, 0.1) is 6.92 Å². The van der Waals surface area contributed by atoms with Crippen molar-refractivity contribution in [2.75, 3.05) is 0 Å². The minimum Gasteiger partial charge on any atom is -0.478 e. The van der Waals surface area contributed by atoms with Gasteiger partial charge >= 0.3 is 5.97 Å². The summed E-state index contributed by atoms with van der Waals surface area (Å²) in [5.41, 5.74) is 1.94. The van der Waals surface area contributed by atoms with Gasteiger partial charge in [0.25, 0.3) is 0 Å². The molecule has 1 aromatic heterocycles. The molecule has 6 heteroatoms. The first-order chi connectivity index (χ1) is 9.15. The topological polar surface area (TPSA) is 78.9 Å². The van der Waals surface area contributed by atoms with Crippen LogP contribution in [0.5, 0.6) is 0 Å². The summed E-state index contributed by atoms with van der Waals surface area (Å²) in [6, 6.07) is 7.66. The fourth-order valence-electron chi connectivity index (χ4n) is 1.52. The number of aromatic nitrogens is 3. The van der Waals surface area contributed by atoms with Crippen LogP contribution in [0.2, 0.25) is 0 Å². The first-order valence-electron chi connectivity index (χ1n) is 5.66. The molecular formula is C13H13N3O2S. The van der Waals surface area contributed by atoms with Gasteiger partial charge in [0.05, 0.1) is 0 Å². The average Bonchev–Trinajstić information content (AvgIpc) is 2.80. The second-order valence-electron chi connectivity index (χ2n) is 3.86. The smallest absolute Gasteiger partial charge is 0.328 e. The number of aromatic amines is 1. The van der Waals surface area contributed by atoms with Crippen molar-refractivity contribution in [1.82, 2.24) is 15.2 Å². The number of nitrogens with zero attached hydrogens (tertiary/aromatic N) is 2. The summed E-state index contributed by atoms with van der Waals surface area (Å²) < 4.78 is 0. The van der Waals surface area contributed by atoms with E-state index < -0.39 is 5.97 Å². The molecule has 0 unspecified atom stereocenters. The molecule has 2 N–H and O–H groups in total. The van der Waals surface area contributed by atoms with Gasteiger partial charge in [0, 0.05) is 11.8 Å². The van der Waals surface area contributed by atoms with E-state index in [1.807, 2.05) is 31.2 Å². The molecule has 0 saturated heterocycles. The molecule has 0 aliphatic carbocycles. The molecule has 2 aromatic rings. The van der Waals surface area contributed by atoms with Crippen LogP contribution in [0.4, 0.5) is 0 Å². The maximum Gasteiger partial charge on any atom is 0.328 e. The summed E-state index contributed by atoms with van der Waals surface area (Å²) in [7, 11) is 0. The van der Waals surface area contributed by atoms with E-state index in [0.717, 1.165) is 23.0 Å². The Kier molecular flexibility index (Phi) is 4.35. The molecule has 0 aliphatic heterocycles. The summed E-state index contributed by atoms with van der Waals surface area (Å²) >= 11 is 1.51. The fourth-order valence-corrected chi connectivity index (χ4v) is 2.38. The van der Waals surface area contributed by atoms with Crippen LogP contribution < -0.4 is 0 Å². The normalized spacial score (nSPS) is 11.0. The number of hydrogen-bond donors (Lipinski definition) is 2. The molecule has 0 fully saturated rings. The number of carbonyl (C=O) groups is 1. The predicted molar refractivity (Wildman–Crippen MR) is 73.8 cm³/mol. The minimum atomic E-state index is -0.952. The number of benzene rings is 1. The highest BCUT2D eigenvalue weighted by atomic mass is 32.2. The molecule has 0 aliphatic rings. The summed E-state index contributed by atoms with van der Waals surface area (Å²) in [6.07, 6.45) is 2.74. The van der Waals surface area contributed by atoms with Crippen LogP contribution in [0.1, 0.15) is 17.0 Å². The molecule has 0 saturated carbocycles. The number of carboxylic acids is 1. The van der Waals surface area contributed by atoms with Gasteiger partial charge in [-0.25, -0.2) is 9.78 Å². The summed E-state index contributed by atoms with van der Waals surface area (Å²) in [6.45, 7) is 1.85. The van der Waals surface area contributed by atoms with Crippen molar-refractivity contribution in [2.24, 2.45) is 0 Å². The highest BCUT2D eigenvalue weighted by Crippen LogP contribution is 2.22. The van der Waals surface area contributed by atoms with Crippen LogP contribution in [0.25, 0.3) is 6.08 Å². The van der Waals surface area contributed by atoms with Crippen molar-refractivity contribution >= 4 is 23.8 Å². The van der Waals surface area contributed by atoms with Crippen molar-refractivity contribution in [3.8, 4) is 0 Å². The van der Waals surface area contributed by atoms with Gasteiger partial charge < -0.3 is 5.11 Å². The molecule has 1 heterocycles. The van der Waals surface area contributed by atoms with Gasteiger partial charge in [0.1, 0.15) is 5.82 Å². The number of rotatable bonds is 5. The van der Waals surface area contributed by atoms with E-state index in [9.17, 15) is 4.79 Å². The van der Waals surface area contributed by atoms with E-state index in [0.29, 0.717) is 10.9 Å². The Morgan fingerprint density at radius 2 is 2.26 bits per heavy atom. The van der Waals surface area contributed by atoms with E-state index in [4.69, 9.17) is 5.11 Å². The molecule has 0 amide bonds. The lowest BCUT2D eigenvalue weighted by molar-refractivity contribution is -0.131. The molecule has 0 bridgehead atoms. The van der Waals surface area contributed by atoms with Gasteiger partial charge in [0.15, 0.2) is 0 Å². The van der Waals surface area contributed by atoms with E-state index in [2.05, 4.69) is 15.2 Å². The number of aryl methyl sites for hydroxylation is 1. The Balaban J connectivity index is 2.09. The first-order valence-corrected chi connectivity index (χ1v) is 6.64. The van der Waals surface area contributed by atoms with Crippen molar-refractivity contribution in [3.63, 3.8) is 0 Å². The van der Waals surface area contributed by atoms with Crippen molar-refractivity contribution in [2.45, 2.75) is 17.8 Å². The monoisotopic (exact) mass is 275 g/mol. The highest BCUT2D eigenvalue weighted by molar-refractivity contribution is 7.98. The van der Waals surface area contributed by atoms with Gasteiger partial charge in [-0.15, -0.1) is 5.10 Å². The molecule has 5 nitrogen and oxygen atoms in total. The zero-order valence-corrected chi connectivity index (χ0v) is 11.1. The van der Waals surface area contributed by atoms with Crippen LogP contribution >= 0.6 is 11.8 Å². The molecule has 0 radical (unpaired) electrons. The van der Waals surface area contributed by atoms with Gasteiger partial charge in [-0.1, -0.05) is 36.0 Å². The first kappa shape index (κ1) is 13.4. The van der Waals surface area contributed by atoms with Gasteiger partial charge in [0.2, 0.25) is 5.16 Å².